The highest BCUT2D eigenvalue weighted by atomic mass is 35.5. The van der Waals surface area contributed by atoms with E-state index < -0.39 is 8.32 Å². The predicted octanol–water partition coefficient (Wildman–Crippen LogP) is 5.71. The van der Waals surface area contributed by atoms with E-state index in [0.717, 1.165) is 6.42 Å². The van der Waals surface area contributed by atoms with Crippen LogP contribution in [-0.2, 0) is 4.43 Å². The van der Waals surface area contributed by atoms with Crippen LogP contribution in [0.4, 0.5) is 0 Å². The Morgan fingerprint density at radius 1 is 1.26 bits per heavy atom. The molecule has 0 aliphatic carbocycles. The molecule has 0 aromatic rings. The maximum Gasteiger partial charge on any atom is 0.193 e. The van der Waals surface area contributed by atoms with Crippen LogP contribution in [-0.4, -0.2) is 14.4 Å². The molecule has 0 aliphatic heterocycles. The summed E-state index contributed by atoms with van der Waals surface area (Å²) in [6.07, 6.45) is 6.37. The SMILES string of the molecule is CCCCCC(C#C/C=C/Cl)O[Si](C)(C)C(C)(C)C. The lowest BCUT2D eigenvalue weighted by Crippen LogP contribution is -2.43. The third-order valence-corrected chi connectivity index (χ3v) is 8.32. The molecule has 0 saturated carbocycles. The zero-order valence-corrected chi connectivity index (χ0v) is 15.1. The highest BCUT2D eigenvalue weighted by molar-refractivity contribution is 6.74. The molecule has 0 radical (unpaired) electrons. The molecule has 3 heteroatoms. The minimum absolute atomic E-state index is 0.0420. The van der Waals surface area contributed by atoms with Gasteiger partial charge in [0, 0.05) is 5.54 Å². The van der Waals surface area contributed by atoms with Gasteiger partial charge in [-0.15, -0.1) is 0 Å². The van der Waals surface area contributed by atoms with E-state index in [2.05, 4.69) is 52.6 Å². The standard InChI is InChI=1S/C16H29ClOSi/c1-7-8-9-12-15(13-10-11-14-17)18-19(5,6)16(2,3)4/h11,14-15H,7-9,12H2,1-6H3/b14-11+. The van der Waals surface area contributed by atoms with Crippen LogP contribution in [0.15, 0.2) is 11.6 Å². The first-order valence-electron chi connectivity index (χ1n) is 7.18. The van der Waals surface area contributed by atoms with Crippen molar-refractivity contribution in [3.63, 3.8) is 0 Å². The normalized spacial score (nSPS) is 14.3. The van der Waals surface area contributed by atoms with Crippen LogP contribution in [0.1, 0.15) is 53.4 Å². The highest BCUT2D eigenvalue weighted by Gasteiger charge is 2.38. The van der Waals surface area contributed by atoms with Gasteiger partial charge >= 0.3 is 0 Å². The minimum Gasteiger partial charge on any atom is -0.403 e. The van der Waals surface area contributed by atoms with Crippen LogP contribution in [0.2, 0.25) is 18.1 Å². The molecule has 1 atom stereocenters. The van der Waals surface area contributed by atoms with Gasteiger partial charge in [0.15, 0.2) is 8.32 Å². The Morgan fingerprint density at radius 3 is 2.37 bits per heavy atom. The number of halogens is 1. The molecule has 0 saturated heterocycles. The number of unbranched alkanes of at least 4 members (excludes halogenated alkanes) is 2. The van der Waals surface area contributed by atoms with Crippen molar-refractivity contribution in [2.24, 2.45) is 0 Å². The summed E-state index contributed by atoms with van der Waals surface area (Å²) in [6, 6.07) is 0. The van der Waals surface area contributed by atoms with Crippen molar-refractivity contribution in [1.29, 1.82) is 0 Å². The summed E-state index contributed by atoms with van der Waals surface area (Å²) in [5.74, 6) is 6.17. The lowest BCUT2D eigenvalue weighted by atomic mass is 10.1. The molecule has 1 unspecified atom stereocenters. The van der Waals surface area contributed by atoms with E-state index in [1.165, 1.54) is 24.8 Å². The van der Waals surface area contributed by atoms with Crippen LogP contribution < -0.4 is 0 Å². The van der Waals surface area contributed by atoms with Crippen molar-refractivity contribution >= 4 is 19.9 Å². The first-order chi connectivity index (χ1) is 8.74. The van der Waals surface area contributed by atoms with Gasteiger partial charge in [-0.2, -0.15) is 0 Å². The summed E-state index contributed by atoms with van der Waals surface area (Å²) >= 11 is 5.50. The van der Waals surface area contributed by atoms with Gasteiger partial charge in [0.05, 0.1) is 0 Å². The molecule has 0 amide bonds. The van der Waals surface area contributed by atoms with Gasteiger partial charge in [0.25, 0.3) is 0 Å². The zero-order valence-electron chi connectivity index (χ0n) is 13.3. The van der Waals surface area contributed by atoms with Gasteiger partial charge in [0.2, 0.25) is 0 Å². The summed E-state index contributed by atoms with van der Waals surface area (Å²) in [4.78, 5) is 0. The molecule has 0 bridgehead atoms. The second kappa shape index (κ2) is 8.84. The molecular weight excluding hydrogens is 272 g/mol. The number of allylic oxidation sites excluding steroid dienone is 1. The molecule has 0 aromatic carbocycles. The van der Waals surface area contributed by atoms with Crippen molar-refractivity contribution in [1.82, 2.24) is 0 Å². The Bertz CT molecular complexity index is 331. The molecule has 0 N–H and O–H groups in total. The van der Waals surface area contributed by atoms with E-state index in [1.807, 2.05) is 0 Å². The monoisotopic (exact) mass is 300 g/mol. The molecule has 1 nitrogen and oxygen atoms in total. The summed E-state index contributed by atoms with van der Waals surface area (Å²) < 4.78 is 6.38. The minimum atomic E-state index is -1.75. The molecule has 0 aromatic heterocycles. The molecule has 0 aliphatic rings. The maximum absolute atomic E-state index is 6.38. The van der Waals surface area contributed by atoms with Crippen LogP contribution in [0.25, 0.3) is 0 Å². The van der Waals surface area contributed by atoms with Gasteiger partial charge in [-0.1, -0.05) is 64.0 Å². The number of hydrogen-bond donors (Lipinski definition) is 0. The van der Waals surface area contributed by atoms with Crippen LogP contribution in [0, 0.1) is 11.8 Å². The Morgan fingerprint density at radius 2 is 1.89 bits per heavy atom. The molecule has 0 fully saturated rings. The van der Waals surface area contributed by atoms with Crippen molar-refractivity contribution in [2.75, 3.05) is 0 Å². The second-order valence-corrected chi connectivity index (χ2v) is 11.5. The van der Waals surface area contributed by atoms with E-state index in [0.29, 0.717) is 0 Å². The lowest BCUT2D eigenvalue weighted by molar-refractivity contribution is 0.219. The van der Waals surface area contributed by atoms with E-state index in [-0.39, 0.29) is 11.1 Å². The molecular formula is C16H29ClOSi. The average molecular weight is 301 g/mol. The zero-order chi connectivity index (χ0) is 14.9. The average Bonchev–Trinajstić information content (AvgIpc) is 2.27. The molecule has 0 spiro atoms. The molecule has 110 valence electrons. The topological polar surface area (TPSA) is 9.23 Å². The van der Waals surface area contributed by atoms with Crippen LogP contribution in [0.3, 0.4) is 0 Å². The quantitative estimate of drug-likeness (QED) is 0.347. The van der Waals surface area contributed by atoms with E-state index in [1.54, 1.807) is 6.08 Å². The number of hydrogen-bond acceptors (Lipinski definition) is 1. The fourth-order valence-electron chi connectivity index (χ4n) is 1.45. The smallest absolute Gasteiger partial charge is 0.193 e. The summed E-state index contributed by atoms with van der Waals surface area (Å²) in [5, 5.41) is 0.222. The second-order valence-electron chi connectivity index (χ2n) is 6.44. The van der Waals surface area contributed by atoms with Gasteiger partial charge in [-0.3, -0.25) is 0 Å². The van der Waals surface area contributed by atoms with Crippen LogP contribution >= 0.6 is 11.6 Å². The van der Waals surface area contributed by atoms with Gasteiger partial charge < -0.3 is 4.43 Å². The van der Waals surface area contributed by atoms with Crippen molar-refractivity contribution in [2.45, 2.75) is 77.6 Å². The van der Waals surface area contributed by atoms with E-state index in [4.69, 9.17) is 16.0 Å². The summed E-state index contributed by atoms with van der Waals surface area (Å²) in [5.41, 5.74) is 1.45. The predicted molar refractivity (Wildman–Crippen MR) is 89.0 cm³/mol. The Labute approximate surface area is 125 Å². The van der Waals surface area contributed by atoms with Crippen LogP contribution in [0.5, 0.6) is 0 Å². The molecule has 0 heterocycles. The lowest BCUT2D eigenvalue weighted by Gasteiger charge is -2.38. The van der Waals surface area contributed by atoms with Crippen molar-refractivity contribution < 1.29 is 4.43 Å². The fraction of sp³-hybridized carbons (Fsp3) is 0.750. The first kappa shape index (κ1) is 18.8. The van der Waals surface area contributed by atoms with E-state index >= 15 is 0 Å². The molecule has 19 heavy (non-hydrogen) atoms. The Hall–Kier alpha value is -0.233. The van der Waals surface area contributed by atoms with Crippen molar-refractivity contribution in [3.8, 4) is 11.8 Å². The number of rotatable bonds is 6. The van der Waals surface area contributed by atoms with Gasteiger partial charge in [0.1, 0.15) is 6.10 Å². The Balaban J connectivity index is 4.71. The van der Waals surface area contributed by atoms with Crippen molar-refractivity contribution in [3.05, 3.63) is 11.6 Å². The fourth-order valence-corrected chi connectivity index (χ4v) is 2.75. The molecule has 0 rings (SSSR count). The van der Waals surface area contributed by atoms with Gasteiger partial charge in [-0.05, 0) is 37.0 Å². The van der Waals surface area contributed by atoms with E-state index in [9.17, 15) is 0 Å². The maximum atomic E-state index is 6.38. The third kappa shape index (κ3) is 7.82. The largest absolute Gasteiger partial charge is 0.403 e. The van der Waals surface area contributed by atoms with Gasteiger partial charge in [-0.25, -0.2) is 0 Å². The summed E-state index contributed by atoms with van der Waals surface area (Å²) in [7, 11) is -1.75. The Kier molecular flexibility index (Phi) is 8.73. The third-order valence-electron chi connectivity index (χ3n) is 3.70. The highest BCUT2D eigenvalue weighted by Crippen LogP contribution is 2.37. The summed E-state index contributed by atoms with van der Waals surface area (Å²) in [6.45, 7) is 13.5. The first-order valence-corrected chi connectivity index (χ1v) is 10.5.